The van der Waals surface area contributed by atoms with Crippen LogP contribution in [-0.4, -0.2) is 20.8 Å². The first kappa shape index (κ1) is 10.8. The molecule has 0 saturated heterocycles. The van der Waals surface area contributed by atoms with Gasteiger partial charge in [-0.3, -0.25) is 4.79 Å². The number of nitrogens with zero attached hydrogens (tertiary/aromatic N) is 3. The Labute approximate surface area is 94.3 Å². The number of ketones is 1. The van der Waals surface area contributed by atoms with Crippen molar-refractivity contribution in [2.24, 2.45) is 0 Å². The molecule has 1 heterocycles. The second-order valence-corrected chi connectivity index (χ2v) is 4.67. The van der Waals surface area contributed by atoms with E-state index in [0.717, 1.165) is 11.0 Å². The van der Waals surface area contributed by atoms with Crippen LogP contribution in [0.5, 0.6) is 0 Å². The molecule has 0 N–H and O–H groups in total. The minimum Gasteiger partial charge on any atom is -0.300 e. The third-order valence-electron chi connectivity index (χ3n) is 2.51. The SMILES string of the molecule is CC(=O)CC(C)(C)n1nc2ccccc2n1. The molecule has 1 aromatic carbocycles. The minimum atomic E-state index is -0.370. The summed E-state index contributed by atoms with van der Waals surface area (Å²) in [4.78, 5) is 12.8. The van der Waals surface area contributed by atoms with Crippen LogP contribution < -0.4 is 0 Å². The molecule has 0 unspecified atom stereocenters. The molecule has 4 nitrogen and oxygen atoms in total. The molecule has 2 aromatic rings. The van der Waals surface area contributed by atoms with Crippen LogP contribution in [0, 0.1) is 0 Å². The lowest BCUT2D eigenvalue weighted by Gasteiger charge is -2.21. The van der Waals surface area contributed by atoms with Crippen molar-refractivity contribution in [3.63, 3.8) is 0 Å². The molecule has 84 valence electrons. The predicted molar refractivity (Wildman–Crippen MR) is 62.1 cm³/mol. The van der Waals surface area contributed by atoms with Gasteiger partial charge in [-0.15, -0.1) is 0 Å². The van der Waals surface area contributed by atoms with Gasteiger partial charge in [0.05, 0.1) is 5.54 Å². The highest BCUT2D eigenvalue weighted by molar-refractivity contribution is 5.76. The van der Waals surface area contributed by atoms with Crippen molar-refractivity contribution < 1.29 is 4.79 Å². The summed E-state index contributed by atoms with van der Waals surface area (Å²) in [6, 6.07) is 7.70. The van der Waals surface area contributed by atoms with Gasteiger partial charge in [-0.05, 0) is 32.9 Å². The lowest BCUT2D eigenvalue weighted by atomic mass is 9.99. The topological polar surface area (TPSA) is 47.8 Å². The Balaban J connectivity index is 2.43. The Bertz CT molecular complexity index is 495. The molecule has 4 heteroatoms. The first-order valence-electron chi connectivity index (χ1n) is 5.31. The molecule has 0 atom stereocenters. The lowest BCUT2D eigenvalue weighted by molar-refractivity contribution is -0.118. The van der Waals surface area contributed by atoms with E-state index in [1.54, 1.807) is 11.7 Å². The van der Waals surface area contributed by atoms with Crippen LogP contribution in [-0.2, 0) is 10.3 Å². The van der Waals surface area contributed by atoms with Crippen LogP contribution in [0.25, 0.3) is 11.0 Å². The maximum atomic E-state index is 11.2. The molecule has 0 aliphatic heterocycles. The van der Waals surface area contributed by atoms with Crippen molar-refractivity contribution in [3.05, 3.63) is 24.3 Å². The van der Waals surface area contributed by atoms with Crippen molar-refractivity contribution >= 4 is 16.8 Å². The van der Waals surface area contributed by atoms with Gasteiger partial charge in [0.25, 0.3) is 0 Å². The van der Waals surface area contributed by atoms with E-state index in [-0.39, 0.29) is 11.3 Å². The van der Waals surface area contributed by atoms with Gasteiger partial charge in [0.1, 0.15) is 16.8 Å². The number of hydrogen-bond donors (Lipinski definition) is 0. The minimum absolute atomic E-state index is 0.145. The van der Waals surface area contributed by atoms with Crippen molar-refractivity contribution in [1.29, 1.82) is 0 Å². The molecular weight excluding hydrogens is 202 g/mol. The smallest absolute Gasteiger partial charge is 0.132 e. The Hall–Kier alpha value is -1.71. The van der Waals surface area contributed by atoms with Crippen LogP contribution in [0.1, 0.15) is 27.2 Å². The fraction of sp³-hybridized carbons (Fsp3) is 0.417. The molecule has 2 rings (SSSR count). The second kappa shape index (κ2) is 3.70. The lowest BCUT2D eigenvalue weighted by Crippen LogP contribution is -2.30. The highest BCUT2D eigenvalue weighted by atomic mass is 16.1. The van der Waals surface area contributed by atoms with E-state index in [1.165, 1.54) is 0 Å². The first-order chi connectivity index (χ1) is 7.49. The number of rotatable bonds is 3. The summed E-state index contributed by atoms with van der Waals surface area (Å²) in [5.41, 5.74) is 1.35. The van der Waals surface area contributed by atoms with Crippen LogP contribution in [0.2, 0.25) is 0 Å². The van der Waals surface area contributed by atoms with E-state index in [9.17, 15) is 4.79 Å². The van der Waals surface area contributed by atoms with Gasteiger partial charge in [-0.2, -0.15) is 15.0 Å². The average Bonchev–Trinajstić information content (AvgIpc) is 2.59. The Morgan fingerprint density at radius 1 is 1.25 bits per heavy atom. The summed E-state index contributed by atoms with van der Waals surface area (Å²) in [5, 5.41) is 8.78. The largest absolute Gasteiger partial charge is 0.300 e. The standard InChI is InChI=1S/C12H15N3O/c1-9(16)8-12(2,3)15-13-10-6-4-5-7-11(10)14-15/h4-7H,8H2,1-3H3. The molecule has 0 amide bonds. The van der Waals surface area contributed by atoms with Crippen molar-refractivity contribution in [1.82, 2.24) is 15.0 Å². The number of carbonyl (C=O) groups excluding carboxylic acids is 1. The van der Waals surface area contributed by atoms with Crippen LogP contribution in [0.15, 0.2) is 24.3 Å². The Morgan fingerprint density at radius 2 is 1.75 bits per heavy atom. The van der Waals surface area contributed by atoms with Gasteiger partial charge >= 0.3 is 0 Å². The van der Waals surface area contributed by atoms with Crippen molar-refractivity contribution in [2.45, 2.75) is 32.7 Å². The summed E-state index contributed by atoms with van der Waals surface area (Å²) in [5.74, 6) is 0.145. The van der Waals surface area contributed by atoms with Gasteiger partial charge in [-0.25, -0.2) is 0 Å². The molecule has 0 spiro atoms. The third kappa shape index (κ3) is 1.96. The molecule has 1 aromatic heterocycles. The van der Waals surface area contributed by atoms with E-state index in [1.807, 2.05) is 38.1 Å². The fourth-order valence-corrected chi connectivity index (χ4v) is 1.81. The van der Waals surface area contributed by atoms with Crippen molar-refractivity contribution in [2.75, 3.05) is 0 Å². The van der Waals surface area contributed by atoms with Crippen LogP contribution >= 0.6 is 0 Å². The molecule has 0 radical (unpaired) electrons. The van der Waals surface area contributed by atoms with Gasteiger partial charge < -0.3 is 0 Å². The first-order valence-corrected chi connectivity index (χ1v) is 5.31. The summed E-state index contributed by atoms with van der Waals surface area (Å²) in [7, 11) is 0. The molecule has 0 bridgehead atoms. The Morgan fingerprint density at radius 3 is 2.19 bits per heavy atom. The monoisotopic (exact) mass is 217 g/mol. The maximum absolute atomic E-state index is 11.2. The molecule has 0 aliphatic carbocycles. The summed E-state index contributed by atoms with van der Waals surface area (Å²) < 4.78 is 0. The maximum Gasteiger partial charge on any atom is 0.132 e. The molecule has 16 heavy (non-hydrogen) atoms. The summed E-state index contributed by atoms with van der Waals surface area (Å²) >= 11 is 0. The number of Topliss-reactive ketones (excluding diaryl/α,β-unsaturated/α-hetero) is 1. The molecule has 0 fully saturated rings. The average molecular weight is 217 g/mol. The number of aromatic nitrogens is 3. The van der Waals surface area contributed by atoms with E-state index in [2.05, 4.69) is 10.2 Å². The fourth-order valence-electron chi connectivity index (χ4n) is 1.81. The molecule has 0 aliphatic rings. The number of carbonyl (C=O) groups is 1. The van der Waals surface area contributed by atoms with Gasteiger partial charge in [0, 0.05) is 6.42 Å². The van der Waals surface area contributed by atoms with Gasteiger partial charge in [0.15, 0.2) is 0 Å². The number of benzene rings is 1. The van der Waals surface area contributed by atoms with Crippen LogP contribution in [0.3, 0.4) is 0 Å². The zero-order valence-corrected chi connectivity index (χ0v) is 9.77. The zero-order valence-electron chi connectivity index (χ0n) is 9.77. The van der Waals surface area contributed by atoms with Crippen LogP contribution in [0.4, 0.5) is 0 Å². The quantitative estimate of drug-likeness (QED) is 0.791. The third-order valence-corrected chi connectivity index (χ3v) is 2.51. The highest BCUT2D eigenvalue weighted by Crippen LogP contribution is 2.20. The normalized spacial score (nSPS) is 11.9. The summed E-state index contributed by atoms with van der Waals surface area (Å²) in [6.45, 7) is 5.52. The summed E-state index contributed by atoms with van der Waals surface area (Å²) in [6.07, 6.45) is 0.438. The van der Waals surface area contributed by atoms with E-state index < -0.39 is 0 Å². The zero-order chi connectivity index (χ0) is 11.8. The van der Waals surface area contributed by atoms with Gasteiger partial charge in [0.2, 0.25) is 0 Å². The Kier molecular flexibility index (Phi) is 2.50. The van der Waals surface area contributed by atoms with Gasteiger partial charge in [-0.1, -0.05) is 12.1 Å². The number of hydrogen-bond acceptors (Lipinski definition) is 3. The highest BCUT2D eigenvalue weighted by Gasteiger charge is 2.24. The van der Waals surface area contributed by atoms with E-state index in [4.69, 9.17) is 0 Å². The molecular formula is C12H15N3O. The van der Waals surface area contributed by atoms with Crippen molar-refractivity contribution in [3.8, 4) is 0 Å². The number of fused-ring (bicyclic) bond motifs is 1. The van der Waals surface area contributed by atoms with E-state index >= 15 is 0 Å². The second-order valence-electron chi connectivity index (χ2n) is 4.67. The van der Waals surface area contributed by atoms with E-state index in [0.29, 0.717) is 6.42 Å². The molecule has 0 saturated carbocycles. The predicted octanol–water partition coefficient (Wildman–Crippen LogP) is 2.15.